The van der Waals surface area contributed by atoms with Crippen LogP contribution in [0.25, 0.3) is 0 Å². The van der Waals surface area contributed by atoms with Crippen LogP contribution in [0.15, 0.2) is 36.4 Å². The summed E-state index contributed by atoms with van der Waals surface area (Å²) in [6.07, 6.45) is 0. The number of halogens is 1. The van der Waals surface area contributed by atoms with E-state index in [0.29, 0.717) is 22.0 Å². The van der Waals surface area contributed by atoms with Crippen molar-refractivity contribution >= 4 is 28.9 Å². The molecule has 0 saturated heterocycles. The van der Waals surface area contributed by atoms with Gasteiger partial charge in [0.25, 0.3) is 5.91 Å². The molecule has 2 aromatic rings. The van der Waals surface area contributed by atoms with Gasteiger partial charge >= 0.3 is 0 Å². The van der Waals surface area contributed by atoms with E-state index in [1.165, 1.54) is 0 Å². The van der Waals surface area contributed by atoms with Gasteiger partial charge in [0.1, 0.15) is 5.75 Å². The molecule has 20 heavy (non-hydrogen) atoms. The first-order chi connectivity index (χ1) is 9.51. The zero-order valence-corrected chi connectivity index (χ0v) is 12.0. The number of methoxy groups -OCH3 is 1. The van der Waals surface area contributed by atoms with Gasteiger partial charge in [0, 0.05) is 11.3 Å². The van der Waals surface area contributed by atoms with Gasteiger partial charge < -0.3 is 15.8 Å². The fourth-order valence-corrected chi connectivity index (χ4v) is 1.96. The van der Waals surface area contributed by atoms with E-state index in [2.05, 4.69) is 5.32 Å². The number of anilines is 2. The van der Waals surface area contributed by atoms with Crippen molar-refractivity contribution in [3.63, 3.8) is 0 Å². The molecule has 0 bridgehead atoms. The highest BCUT2D eigenvalue weighted by atomic mass is 35.5. The maximum absolute atomic E-state index is 12.1. The molecular formula is C15H15ClN2O2. The predicted molar refractivity (Wildman–Crippen MR) is 81.5 cm³/mol. The summed E-state index contributed by atoms with van der Waals surface area (Å²) < 4.78 is 5.17. The van der Waals surface area contributed by atoms with Crippen molar-refractivity contribution in [1.29, 1.82) is 0 Å². The number of rotatable bonds is 3. The molecule has 0 aromatic heterocycles. The van der Waals surface area contributed by atoms with Crippen LogP contribution in [0.1, 0.15) is 15.9 Å². The van der Waals surface area contributed by atoms with Crippen molar-refractivity contribution in [1.82, 2.24) is 0 Å². The van der Waals surface area contributed by atoms with Gasteiger partial charge in [-0.3, -0.25) is 4.79 Å². The van der Waals surface area contributed by atoms with Gasteiger partial charge in [-0.15, -0.1) is 0 Å². The highest BCUT2D eigenvalue weighted by Gasteiger charge is 2.09. The van der Waals surface area contributed by atoms with Gasteiger partial charge in [-0.2, -0.15) is 0 Å². The second kappa shape index (κ2) is 5.84. The summed E-state index contributed by atoms with van der Waals surface area (Å²) in [4.78, 5) is 12.1. The number of nitrogens with two attached hydrogens (primary N) is 1. The molecule has 1 amide bonds. The van der Waals surface area contributed by atoms with Crippen molar-refractivity contribution in [2.45, 2.75) is 6.92 Å². The molecule has 0 heterocycles. The van der Waals surface area contributed by atoms with Gasteiger partial charge in [0.2, 0.25) is 0 Å². The Morgan fingerprint density at radius 2 is 2.00 bits per heavy atom. The lowest BCUT2D eigenvalue weighted by atomic mass is 10.1. The number of benzene rings is 2. The van der Waals surface area contributed by atoms with E-state index in [9.17, 15) is 4.79 Å². The Balaban J connectivity index is 2.19. The van der Waals surface area contributed by atoms with Crippen LogP contribution < -0.4 is 15.8 Å². The largest absolute Gasteiger partial charge is 0.496 e. The molecular weight excluding hydrogens is 276 g/mol. The Morgan fingerprint density at radius 3 is 2.60 bits per heavy atom. The Morgan fingerprint density at radius 1 is 1.25 bits per heavy atom. The smallest absolute Gasteiger partial charge is 0.255 e. The Labute approximate surface area is 122 Å². The molecule has 0 unspecified atom stereocenters. The van der Waals surface area contributed by atoms with Crippen LogP contribution in [-0.2, 0) is 0 Å². The molecule has 4 nitrogen and oxygen atoms in total. The topological polar surface area (TPSA) is 64.3 Å². The van der Waals surface area contributed by atoms with Gasteiger partial charge in [-0.1, -0.05) is 11.6 Å². The maximum atomic E-state index is 12.1. The van der Waals surface area contributed by atoms with E-state index >= 15 is 0 Å². The molecule has 0 fully saturated rings. The van der Waals surface area contributed by atoms with Crippen LogP contribution in [0.3, 0.4) is 0 Å². The molecule has 0 saturated carbocycles. The summed E-state index contributed by atoms with van der Waals surface area (Å²) in [7, 11) is 1.61. The van der Waals surface area contributed by atoms with Crippen molar-refractivity contribution in [3.8, 4) is 5.75 Å². The Bertz CT molecular complexity index is 656. The van der Waals surface area contributed by atoms with Crippen molar-refractivity contribution < 1.29 is 9.53 Å². The van der Waals surface area contributed by atoms with E-state index in [4.69, 9.17) is 22.1 Å². The second-order valence-electron chi connectivity index (χ2n) is 4.37. The van der Waals surface area contributed by atoms with Gasteiger partial charge in [-0.05, 0) is 48.9 Å². The van der Waals surface area contributed by atoms with Crippen LogP contribution in [0.4, 0.5) is 11.4 Å². The first-order valence-electron chi connectivity index (χ1n) is 6.02. The minimum atomic E-state index is -0.238. The third kappa shape index (κ3) is 3.03. The monoisotopic (exact) mass is 290 g/mol. The highest BCUT2D eigenvalue weighted by molar-refractivity contribution is 6.33. The van der Waals surface area contributed by atoms with Crippen LogP contribution in [0.5, 0.6) is 5.75 Å². The second-order valence-corrected chi connectivity index (χ2v) is 4.78. The minimum Gasteiger partial charge on any atom is -0.496 e. The van der Waals surface area contributed by atoms with Crippen LogP contribution in [0.2, 0.25) is 5.02 Å². The number of hydrogen-bond donors (Lipinski definition) is 2. The third-order valence-corrected chi connectivity index (χ3v) is 3.26. The molecule has 3 N–H and O–H groups in total. The lowest BCUT2D eigenvalue weighted by molar-refractivity contribution is 0.102. The van der Waals surface area contributed by atoms with E-state index in [1.807, 2.05) is 13.0 Å². The molecule has 104 valence electrons. The summed E-state index contributed by atoms with van der Waals surface area (Å²) in [5.74, 6) is 0.539. The minimum absolute atomic E-state index is 0.238. The molecule has 0 aliphatic carbocycles. The van der Waals surface area contributed by atoms with Crippen molar-refractivity contribution in [3.05, 3.63) is 52.5 Å². The third-order valence-electron chi connectivity index (χ3n) is 2.91. The SMILES string of the molecule is COc1ccc(NC(=O)c2ccc(Cl)c(N)c2)cc1C. The van der Waals surface area contributed by atoms with E-state index in [-0.39, 0.29) is 5.91 Å². The predicted octanol–water partition coefficient (Wildman–Crippen LogP) is 3.49. The van der Waals surface area contributed by atoms with Gasteiger partial charge in [0.05, 0.1) is 17.8 Å². The van der Waals surface area contributed by atoms with Crippen LogP contribution in [0, 0.1) is 6.92 Å². The quantitative estimate of drug-likeness (QED) is 0.851. The average molecular weight is 291 g/mol. The fourth-order valence-electron chi connectivity index (χ4n) is 1.84. The van der Waals surface area contributed by atoms with Gasteiger partial charge in [-0.25, -0.2) is 0 Å². The Hall–Kier alpha value is -2.20. The number of aryl methyl sites for hydroxylation is 1. The number of ether oxygens (including phenoxy) is 1. The number of carbonyl (C=O) groups is 1. The van der Waals surface area contributed by atoms with Crippen LogP contribution >= 0.6 is 11.6 Å². The molecule has 0 aliphatic heterocycles. The standard InChI is InChI=1S/C15H15ClN2O2/c1-9-7-11(4-6-14(9)20-2)18-15(19)10-3-5-12(16)13(17)8-10/h3-8H,17H2,1-2H3,(H,18,19). The number of nitrogens with one attached hydrogen (secondary N) is 1. The van der Waals surface area contributed by atoms with E-state index in [0.717, 1.165) is 11.3 Å². The first kappa shape index (κ1) is 14.2. The summed E-state index contributed by atoms with van der Waals surface area (Å²) in [6, 6.07) is 10.2. The fraction of sp³-hybridized carbons (Fsp3) is 0.133. The highest BCUT2D eigenvalue weighted by Crippen LogP contribution is 2.23. The van der Waals surface area contributed by atoms with E-state index in [1.54, 1.807) is 37.4 Å². The number of carbonyl (C=O) groups excluding carboxylic acids is 1. The molecule has 0 aliphatic rings. The first-order valence-corrected chi connectivity index (χ1v) is 6.40. The van der Waals surface area contributed by atoms with Crippen molar-refractivity contribution in [2.24, 2.45) is 0 Å². The normalized spacial score (nSPS) is 10.2. The molecule has 0 spiro atoms. The lowest BCUT2D eigenvalue weighted by Gasteiger charge is -2.09. The number of amides is 1. The summed E-state index contributed by atoms with van der Waals surface area (Å²) >= 11 is 5.83. The zero-order valence-electron chi connectivity index (χ0n) is 11.2. The summed E-state index contributed by atoms with van der Waals surface area (Å²) in [5.41, 5.74) is 8.17. The molecule has 5 heteroatoms. The summed E-state index contributed by atoms with van der Waals surface area (Å²) in [6.45, 7) is 1.91. The molecule has 0 radical (unpaired) electrons. The zero-order chi connectivity index (χ0) is 14.7. The average Bonchev–Trinajstić information content (AvgIpc) is 2.42. The van der Waals surface area contributed by atoms with Crippen molar-refractivity contribution in [2.75, 3.05) is 18.2 Å². The number of hydrogen-bond acceptors (Lipinski definition) is 3. The molecule has 2 aromatic carbocycles. The van der Waals surface area contributed by atoms with Crippen LogP contribution in [-0.4, -0.2) is 13.0 Å². The molecule has 2 rings (SSSR count). The summed E-state index contributed by atoms with van der Waals surface area (Å²) in [5, 5.41) is 3.24. The maximum Gasteiger partial charge on any atom is 0.255 e. The van der Waals surface area contributed by atoms with Gasteiger partial charge in [0.15, 0.2) is 0 Å². The Kier molecular flexibility index (Phi) is 4.15. The molecule has 0 atom stereocenters. The lowest BCUT2D eigenvalue weighted by Crippen LogP contribution is -2.12. The van der Waals surface area contributed by atoms with E-state index < -0.39 is 0 Å². The number of nitrogen functional groups attached to an aromatic ring is 1.